The molecule has 0 aromatic carbocycles. The van der Waals surface area contributed by atoms with Crippen molar-refractivity contribution in [3.8, 4) is 0 Å². The normalized spacial score (nSPS) is 35.9. The second-order valence-electron chi connectivity index (χ2n) is 15.0. The van der Waals surface area contributed by atoms with E-state index in [-0.39, 0.29) is 36.7 Å². The van der Waals surface area contributed by atoms with Gasteiger partial charge < -0.3 is 28.6 Å². The summed E-state index contributed by atoms with van der Waals surface area (Å²) in [7, 11) is 5.25. The minimum Gasteiger partial charge on any atom is -0.461 e. The lowest BCUT2D eigenvalue weighted by atomic mass is 9.74. The second-order valence-corrected chi connectivity index (χ2v) is 15.0. The van der Waals surface area contributed by atoms with E-state index in [0.717, 1.165) is 0 Å². The molecule has 11 atom stereocenters. The van der Waals surface area contributed by atoms with E-state index >= 15 is 0 Å². The maximum absolute atomic E-state index is 14.3. The summed E-state index contributed by atoms with van der Waals surface area (Å²) in [6.45, 7) is 15.4. The third-order valence-corrected chi connectivity index (χ3v) is 10.6. The molecule has 0 N–H and O–H groups in total. The number of allylic oxidation sites excluding steroid dienone is 1. The highest BCUT2D eigenvalue weighted by Gasteiger charge is 2.51. The van der Waals surface area contributed by atoms with Crippen LogP contribution in [-0.2, 0) is 42.9 Å². The zero-order valence-corrected chi connectivity index (χ0v) is 32.5. The van der Waals surface area contributed by atoms with Gasteiger partial charge in [-0.25, -0.2) is 4.98 Å². The Morgan fingerprint density at radius 3 is 2.29 bits per heavy atom. The largest absolute Gasteiger partial charge is 0.461 e. The minimum absolute atomic E-state index is 0.0814. The van der Waals surface area contributed by atoms with Crippen molar-refractivity contribution in [3.63, 3.8) is 0 Å². The fourth-order valence-electron chi connectivity index (χ4n) is 7.64. The van der Waals surface area contributed by atoms with Crippen LogP contribution >= 0.6 is 0 Å². The molecule has 1 aromatic rings. The van der Waals surface area contributed by atoms with Crippen LogP contribution in [0.1, 0.15) is 99.2 Å². The van der Waals surface area contributed by atoms with Crippen molar-refractivity contribution in [3.05, 3.63) is 30.4 Å². The highest BCUT2D eigenvalue weighted by molar-refractivity contribution is 6.00. The van der Waals surface area contributed by atoms with Crippen LogP contribution in [0, 0.1) is 23.2 Å². The lowest BCUT2D eigenvalue weighted by Gasteiger charge is -2.47. The van der Waals surface area contributed by atoms with Crippen LogP contribution in [0.5, 0.6) is 0 Å². The number of nitrogens with zero attached hydrogens (tertiary/aromatic N) is 3. The van der Waals surface area contributed by atoms with Gasteiger partial charge in [0, 0.05) is 50.1 Å². The van der Waals surface area contributed by atoms with Gasteiger partial charge >= 0.3 is 11.9 Å². The molecular weight excluding hydrogens is 658 g/mol. The quantitative estimate of drug-likeness (QED) is 0.254. The number of carbonyl (C=O) groups is 5. The zero-order chi connectivity index (χ0) is 38.4. The summed E-state index contributed by atoms with van der Waals surface area (Å²) in [6, 6.07) is -0.256. The van der Waals surface area contributed by atoms with Crippen molar-refractivity contribution < 1.29 is 47.7 Å². The molecule has 1 aromatic heterocycles. The Kier molecular flexibility index (Phi) is 14.5. The van der Waals surface area contributed by atoms with Gasteiger partial charge in [0.05, 0.1) is 23.9 Å². The van der Waals surface area contributed by atoms with Gasteiger partial charge in [-0.05, 0) is 66.1 Å². The molecule has 2 aliphatic heterocycles. The molecule has 0 radical (unpaired) electrons. The van der Waals surface area contributed by atoms with Crippen molar-refractivity contribution >= 4 is 29.4 Å². The molecule has 0 amide bonds. The number of hydrogen-bond donors (Lipinski definition) is 0. The molecule has 0 bridgehead atoms. The number of esters is 2. The van der Waals surface area contributed by atoms with E-state index < -0.39 is 71.1 Å². The van der Waals surface area contributed by atoms with Gasteiger partial charge in [0.1, 0.15) is 18.3 Å². The van der Waals surface area contributed by atoms with Gasteiger partial charge in [-0.2, -0.15) is 0 Å². The number of aromatic nitrogens is 2. The maximum Gasteiger partial charge on any atom is 0.316 e. The number of rotatable bonds is 9. The van der Waals surface area contributed by atoms with Crippen LogP contribution in [0.3, 0.4) is 0 Å². The molecule has 3 heterocycles. The first-order valence-corrected chi connectivity index (χ1v) is 18.0. The monoisotopic (exact) mass is 717 g/mol. The number of ether oxygens (including phenoxy) is 5. The fourth-order valence-corrected chi connectivity index (χ4v) is 7.64. The number of Topliss-reactive ketones (excluding diaryl/α,β-unsaturated/α-hetero) is 2. The third kappa shape index (κ3) is 9.79. The maximum atomic E-state index is 14.3. The van der Waals surface area contributed by atoms with Crippen LogP contribution in [0.4, 0.5) is 0 Å². The first kappa shape index (κ1) is 42.2. The van der Waals surface area contributed by atoms with Crippen LogP contribution < -0.4 is 0 Å². The van der Waals surface area contributed by atoms with Crippen LogP contribution in [0.15, 0.2) is 30.4 Å². The second kappa shape index (κ2) is 17.5. The summed E-state index contributed by atoms with van der Waals surface area (Å²) in [6.07, 6.45) is 3.43. The number of ketones is 2. The Bertz CT molecular complexity index is 1430. The van der Waals surface area contributed by atoms with E-state index in [2.05, 4.69) is 4.98 Å². The summed E-state index contributed by atoms with van der Waals surface area (Å²) in [5, 5.41) is 0. The predicted octanol–water partition coefficient (Wildman–Crippen LogP) is 4.82. The van der Waals surface area contributed by atoms with E-state index in [1.54, 1.807) is 40.0 Å². The summed E-state index contributed by atoms with van der Waals surface area (Å²) in [4.78, 5) is 74.1. The van der Waals surface area contributed by atoms with E-state index in [1.807, 2.05) is 39.8 Å². The van der Waals surface area contributed by atoms with Crippen molar-refractivity contribution in [2.24, 2.45) is 23.2 Å². The third-order valence-electron chi connectivity index (χ3n) is 10.6. The summed E-state index contributed by atoms with van der Waals surface area (Å²) < 4.78 is 32.4. The molecular formula is C38H59N3O10. The Balaban J connectivity index is 2.17. The van der Waals surface area contributed by atoms with Gasteiger partial charge in [-0.3, -0.25) is 28.5 Å². The van der Waals surface area contributed by atoms with E-state index in [0.29, 0.717) is 24.8 Å². The van der Waals surface area contributed by atoms with Crippen molar-refractivity contribution in [1.29, 1.82) is 0 Å². The molecule has 3 rings (SSSR count). The average Bonchev–Trinajstić information content (AvgIpc) is 3.62. The van der Waals surface area contributed by atoms with Crippen molar-refractivity contribution in [2.75, 3.05) is 21.2 Å². The Morgan fingerprint density at radius 2 is 1.76 bits per heavy atom. The molecule has 1 unspecified atom stereocenters. The van der Waals surface area contributed by atoms with Gasteiger partial charge in [0.25, 0.3) is 0 Å². The SMILES string of the molecule is CCC1=C[C@](C)(CC(=O)n2ccnc2)[C@@H](CC)OC(=O)[C@H](C)C(=O)[C@H](C)[C@@H](OC2O[C@H](C)C[C@H](N(C)C)[C@H]2OC(C)=O)[C@@](C)(OC)C[C@@H](C)C1=O. The molecule has 13 heteroatoms. The molecule has 1 saturated heterocycles. The molecule has 0 spiro atoms. The van der Waals surface area contributed by atoms with Crippen LogP contribution in [0.25, 0.3) is 0 Å². The highest BCUT2D eigenvalue weighted by atomic mass is 16.7. The molecule has 286 valence electrons. The Morgan fingerprint density at radius 1 is 1.10 bits per heavy atom. The molecule has 51 heavy (non-hydrogen) atoms. The van der Waals surface area contributed by atoms with Gasteiger partial charge in [-0.15, -0.1) is 0 Å². The first-order valence-electron chi connectivity index (χ1n) is 18.0. The molecule has 13 nitrogen and oxygen atoms in total. The average molecular weight is 718 g/mol. The number of carbonyl (C=O) groups excluding carboxylic acids is 5. The smallest absolute Gasteiger partial charge is 0.316 e. The molecule has 0 aliphatic carbocycles. The highest BCUT2D eigenvalue weighted by Crippen LogP contribution is 2.40. The summed E-state index contributed by atoms with van der Waals surface area (Å²) in [5.41, 5.74) is -1.87. The summed E-state index contributed by atoms with van der Waals surface area (Å²) in [5.74, 6) is -4.97. The standard InChI is InChI=1S/C38H59N3O10/c1-13-27-19-37(8,20-30(43)41-16-15-39-21-41)29(14-2)50-35(46)25(6)32(45)24(5)34(38(9,47-12)18-22(3)31(27)44)51-36-33(49-26(7)42)28(40(10)11)17-23(4)48-36/h15-16,19,21-25,28-29,33-34,36H,13-14,17-18,20H2,1-12H3/t22-,23-,24+,25-,28+,29-,33-,34-,36?,37-,38+/m1/s1. The number of cyclic esters (lactones) is 1. The number of likely N-dealkylation sites (N-methyl/N-ethyl adjacent to an activating group) is 1. The van der Waals surface area contributed by atoms with Gasteiger partial charge in [0.15, 0.2) is 24.0 Å². The summed E-state index contributed by atoms with van der Waals surface area (Å²) >= 11 is 0. The van der Waals surface area contributed by atoms with Crippen molar-refractivity contribution in [2.45, 2.75) is 137 Å². The predicted molar refractivity (Wildman–Crippen MR) is 189 cm³/mol. The van der Waals surface area contributed by atoms with E-state index in [9.17, 15) is 24.0 Å². The molecule has 1 fully saturated rings. The Labute approximate surface area is 302 Å². The van der Waals surface area contributed by atoms with Gasteiger partial charge in [-0.1, -0.05) is 40.7 Å². The number of hydrogen-bond acceptors (Lipinski definition) is 12. The first-order chi connectivity index (χ1) is 23.8. The van der Waals surface area contributed by atoms with Crippen molar-refractivity contribution in [1.82, 2.24) is 14.5 Å². The van der Waals surface area contributed by atoms with Crippen LogP contribution in [0.2, 0.25) is 0 Å². The number of imidazole rings is 1. The van der Waals surface area contributed by atoms with E-state index in [1.165, 1.54) is 38.0 Å². The van der Waals surface area contributed by atoms with Crippen LogP contribution in [-0.4, -0.2) is 107 Å². The molecule has 0 saturated carbocycles. The number of methoxy groups -OCH3 is 1. The van der Waals surface area contributed by atoms with E-state index in [4.69, 9.17) is 23.7 Å². The lowest BCUT2D eigenvalue weighted by Crippen LogP contribution is -2.60. The fraction of sp³-hybridized carbons (Fsp3) is 0.737. The Hall–Kier alpha value is -3.26. The molecule has 2 aliphatic rings. The lowest BCUT2D eigenvalue weighted by molar-refractivity contribution is -0.297. The zero-order valence-electron chi connectivity index (χ0n) is 32.5. The minimum atomic E-state index is -1.26. The topological polar surface area (TPSA) is 153 Å². The van der Waals surface area contributed by atoms with Gasteiger partial charge in [0.2, 0.25) is 5.91 Å².